The summed E-state index contributed by atoms with van der Waals surface area (Å²) < 4.78 is 25.2. The van der Waals surface area contributed by atoms with Gasteiger partial charge in [0.25, 0.3) is 0 Å². The van der Waals surface area contributed by atoms with Crippen molar-refractivity contribution in [1.29, 1.82) is 0 Å². The van der Waals surface area contributed by atoms with Crippen molar-refractivity contribution in [3.05, 3.63) is 24.0 Å². The van der Waals surface area contributed by atoms with Gasteiger partial charge in [-0.15, -0.1) is 0 Å². The molecule has 0 spiro atoms. The summed E-state index contributed by atoms with van der Waals surface area (Å²) in [6, 6.07) is 5.26. The van der Waals surface area contributed by atoms with Crippen LogP contribution in [0.2, 0.25) is 0 Å². The fourth-order valence-corrected chi connectivity index (χ4v) is 4.07. The van der Waals surface area contributed by atoms with Crippen LogP contribution in [0.3, 0.4) is 0 Å². The van der Waals surface area contributed by atoms with Gasteiger partial charge in [-0.05, 0) is 50.9 Å². The van der Waals surface area contributed by atoms with E-state index >= 15 is 0 Å². The predicted molar refractivity (Wildman–Crippen MR) is 118 cm³/mol. The van der Waals surface area contributed by atoms with E-state index in [1.165, 1.54) is 38.9 Å². The second kappa shape index (κ2) is 10.6. The lowest BCUT2D eigenvalue weighted by Crippen LogP contribution is -2.34. The molecule has 0 amide bonds. The number of hydrogen-bond acceptors (Lipinski definition) is 8. The number of anilines is 3. The van der Waals surface area contributed by atoms with Gasteiger partial charge in [0.05, 0.1) is 7.11 Å². The van der Waals surface area contributed by atoms with Gasteiger partial charge in [-0.1, -0.05) is 25.7 Å². The van der Waals surface area contributed by atoms with Gasteiger partial charge >= 0.3 is 6.01 Å². The van der Waals surface area contributed by atoms with Crippen molar-refractivity contribution >= 4 is 17.6 Å². The molecule has 1 aromatic heterocycles. The third-order valence-corrected chi connectivity index (χ3v) is 5.77. The zero-order valence-electron chi connectivity index (χ0n) is 18.0. The quantitative estimate of drug-likeness (QED) is 0.567. The molecular weight excluding hydrogens is 399 g/mol. The average molecular weight is 431 g/mol. The molecule has 2 fully saturated rings. The molecule has 1 aliphatic heterocycles. The Morgan fingerprint density at radius 1 is 0.968 bits per heavy atom. The van der Waals surface area contributed by atoms with E-state index in [4.69, 9.17) is 9.47 Å². The molecule has 3 N–H and O–H groups in total. The Morgan fingerprint density at radius 3 is 2.42 bits per heavy atom. The first-order valence-electron chi connectivity index (χ1n) is 11.2. The lowest BCUT2D eigenvalue weighted by molar-refractivity contribution is 0.149. The Bertz CT molecular complexity index is 854. The molecular formula is C22H31FN6O2. The minimum absolute atomic E-state index is 0.0701. The van der Waals surface area contributed by atoms with Crippen molar-refractivity contribution in [3.8, 4) is 11.8 Å². The number of benzene rings is 1. The molecule has 0 bridgehead atoms. The zero-order chi connectivity index (χ0) is 21.5. The van der Waals surface area contributed by atoms with E-state index in [9.17, 15) is 4.39 Å². The molecule has 0 unspecified atom stereocenters. The summed E-state index contributed by atoms with van der Waals surface area (Å²) in [6.45, 7) is 1.83. The molecule has 1 saturated heterocycles. The normalized spacial score (nSPS) is 18.3. The third kappa shape index (κ3) is 6.16. The van der Waals surface area contributed by atoms with E-state index in [0.717, 1.165) is 38.8 Å². The second-order valence-electron chi connectivity index (χ2n) is 8.14. The molecule has 4 rings (SSSR count). The molecule has 1 aromatic carbocycles. The smallest absolute Gasteiger partial charge is 0.323 e. The number of methoxy groups -OCH3 is 1. The van der Waals surface area contributed by atoms with E-state index in [2.05, 4.69) is 30.9 Å². The van der Waals surface area contributed by atoms with E-state index in [1.807, 2.05) is 0 Å². The van der Waals surface area contributed by atoms with Crippen molar-refractivity contribution in [3.63, 3.8) is 0 Å². The van der Waals surface area contributed by atoms with Crippen LogP contribution in [0.5, 0.6) is 11.8 Å². The monoisotopic (exact) mass is 430 g/mol. The molecule has 168 valence electrons. The first-order chi connectivity index (χ1) is 15.2. The number of aromatic nitrogens is 3. The highest BCUT2D eigenvalue weighted by Gasteiger charge is 2.19. The van der Waals surface area contributed by atoms with Crippen LogP contribution in [0.1, 0.15) is 51.4 Å². The van der Waals surface area contributed by atoms with Gasteiger partial charge in [0.15, 0.2) is 11.6 Å². The Labute approximate surface area is 182 Å². The SMILES string of the molecule is COc1ccc(Nc2nc(NC3CCCCCC3)nc(OC3CCNCC3)n2)cc1F. The number of halogens is 1. The van der Waals surface area contributed by atoms with E-state index < -0.39 is 5.82 Å². The van der Waals surface area contributed by atoms with E-state index in [0.29, 0.717) is 23.6 Å². The lowest BCUT2D eigenvalue weighted by Gasteiger charge is -2.23. The minimum atomic E-state index is -0.454. The van der Waals surface area contributed by atoms with Gasteiger partial charge in [-0.25, -0.2) is 4.39 Å². The van der Waals surface area contributed by atoms with Crippen LogP contribution in [0.25, 0.3) is 0 Å². The molecule has 31 heavy (non-hydrogen) atoms. The lowest BCUT2D eigenvalue weighted by atomic mass is 10.1. The molecule has 8 nitrogen and oxygen atoms in total. The molecule has 2 aliphatic rings. The largest absolute Gasteiger partial charge is 0.494 e. The average Bonchev–Trinajstić information content (AvgIpc) is 3.03. The number of piperidine rings is 1. The van der Waals surface area contributed by atoms with Gasteiger partial charge < -0.3 is 25.4 Å². The Morgan fingerprint density at radius 2 is 1.71 bits per heavy atom. The summed E-state index contributed by atoms with van der Waals surface area (Å²) >= 11 is 0. The van der Waals surface area contributed by atoms with Gasteiger partial charge in [0, 0.05) is 17.8 Å². The summed E-state index contributed by atoms with van der Waals surface area (Å²) in [5, 5.41) is 9.87. The van der Waals surface area contributed by atoms with Crippen LogP contribution in [-0.4, -0.2) is 47.3 Å². The van der Waals surface area contributed by atoms with E-state index in [1.54, 1.807) is 12.1 Å². The summed E-state index contributed by atoms with van der Waals surface area (Å²) in [5.74, 6) is 0.540. The van der Waals surface area contributed by atoms with Crippen molar-refractivity contribution in [2.75, 3.05) is 30.8 Å². The zero-order valence-corrected chi connectivity index (χ0v) is 18.0. The Balaban J connectivity index is 1.54. The van der Waals surface area contributed by atoms with Crippen LogP contribution in [-0.2, 0) is 0 Å². The maximum absolute atomic E-state index is 14.1. The molecule has 2 heterocycles. The summed E-state index contributed by atoms with van der Waals surface area (Å²) in [5.41, 5.74) is 0.526. The standard InChI is InChI=1S/C22H31FN6O2/c1-30-19-9-8-16(14-18(19)23)26-21-27-20(25-15-6-4-2-3-5-7-15)28-22(29-21)31-17-10-12-24-13-11-17/h8-9,14-15,17,24H,2-7,10-13H2,1H3,(H2,25,26,27,28,29). The molecule has 0 atom stereocenters. The second-order valence-corrected chi connectivity index (χ2v) is 8.14. The maximum atomic E-state index is 14.1. The van der Waals surface area contributed by atoms with Crippen LogP contribution in [0.15, 0.2) is 18.2 Å². The first-order valence-corrected chi connectivity index (χ1v) is 11.2. The number of ether oxygens (including phenoxy) is 2. The summed E-state index contributed by atoms with van der Waals surface area (Å²) in [4.78, 5) is 13.5. The van der Waals surface area contributed by atoms with Crippen LogP contribution >= 0.6 is 0 Å². The number of nitrogens with zero attached hydrogens (tertiary/aromatic N) is 3. The van der Waals surface area contributed by atoms with Gasteiger partial charge in [-0.3, -0.25) is 0 Å². The Kier molecular flexibility index (Phi) is 7.35. The maximum Gasteiger partial charge on any atom is 0.323 e. The van der Waals surface area contributed by atoms with E-state index in [-0.39, 0.29) is 17.9 Å². The predicted octanol–water partition coefficient (Wildman–Crippen LogP) is 4.03. The van der Waals surface area contributed by atoms with Crippen LogP contribution in [0.4, 0.5) is 22.0 Å². The molecule has 2 aromatic rings. The van der Waals surface area contributed by atoms with Gasteiger partial charge in [-0.2, -0.15) is 15.0 Å². The minimum Gasteiger partial charge on any atom is -0.494 e. The van der Waals surface area contributed by atoms with Gasteiger partial charge in [0.1, 0.15) is 6.10 Å². The molecule has 1 saturated carbocycles. The van der Waals surface area contributed by atoms with Crippen molar-refractivity contribution in [2.24, 2.45) is 0 Å². The van der Waals surface area contributed by atoms with Crippen molar-refractivity contribution in [2.45, 2.75) is 63.5 Å². The fraction of sp³-hybridized carbons (Fsp3) is 0.591. The first kappa shape index (κ1) is 21.5. The van der Waals surface area contributed by atoms with Crippen LogP contribution in [0, 0.1) is 5.82 Å². The van der Waals surface area contributed by atoms with Gasteiger partial charge in [0.2, 0.25) is 11.9 Å². The number of nitrogens with one attached hydrogen (secondary N) is 3. The van der Waals surface area contributed by atoms with Crippen LogP contribution < -0.4 is 25.4 Å². The highest BCUT2D eigenvalue weighted by Crippen LogP contribution is 2.25. The number of rotatable bonds is 7. The topological polar surface area (TPSA) is 93.2 Å². The van der Waals surface area contributed by atoms with Crippen molar-refractivity contribution < 1.29 is 13.9 Å². The molecule has 1 aliphatic carbocycles. The summed E-state index contributed by atoms with van der Waals surface area (Å²) in [7, 11) is 1.44. The highest BCUT2D eigenvalue weighted by atomic mass is 19.1. The third-order valence-electron chi connectivity index (χ3n) is 5.77. The number of hydrogen-bond donors (Lipinski definition) is 3. The summed E-state index contributed by atoms with van der Waals surface area (Å²) in [6.07, 6.45) is 9.04. The molecule has 9 heteroatoms. The molecule has 0 radical (unpaired) electrons. The fourth-order valence-electron chi connectivity index (χ4n) is 4.07. The highest BCUT2D eigenvalue weighted by molar-refractivity contribution is 5.56. The Hall–Kier alpha value is -2.68. The van der Waals surface area contributed by atoms with Crippen molar-refractivity contribution in [1.82, 2.24) is 20.3 Å².